The number of hydrogen-bond acceptors (Lipinski definition) is 4. The zero-order chi connectivity index (χ0) is 13.1. The predicted octanol–water partition coefficient (Wildman–Crippen LogP) is 2.34. The van der Waals surface area contributed by atoms with Crippen molar-refractivity contribution < 1.29 is 9.47 Å². The maximum atomic E-state index is 5.81. The number of benzene rings is 1. The Morgan fingerprint density at radius 1 is 1.56 bits per heavy atom. The van der Waals surface area contributed by atoms with E-state index in [-0.39, 0.29) is 12.8 Å². The van der Waals surface area contributed by atoms with Crippen molar-refractivity contribution in [3.63, 3.8) is 0 Å². The van der Waals surface area contributed by atoms with Crippen molar-refractivity contribution in [3.8, 4) is 11.5 Å². The SMILES string of the molecule is C=C(C)CNC(CN)c1cc(Br)c2c(c1)OCO2. The smallest absolute Gasteiger partial charge is 0.231 e. The molecule has 0 saturated heterocycles. The molecular weight excluding hydrogens is 296 g/mol. The zero-order valence-corrected chi connectivity index (χ0v) is 11.9. The Morgan fingerprint density at radius 2 is 2.33 bits per heavy atom. The van der Waals surface area contributed by atoms with E-state index in [4.69, 9.17) is 15.2 Å². The van der Waals surface area contributed by atoms with Gasteiger partial charge in [0.15, 0.2) is 11.5 Å². The van der Waals surface area contributed by atoms with Gasteiger partial charge in [-0.2, -0.15) is 0 Å². The first-order chi connectivity index (χ1) is 8.61. The first-order valence-corrected chi connectivity index (χ1v) is 6.58. The number of fused-ring (bicyclic) bond motifs is 1. The molecule has 0 aromatic heterocycles. The summed E-state index contributed by atoms with van der Waals surface area (Å²) in [6.45, 7) is 7.38. The van der Waals surface area contributed by atoms with Crippen LogP contribution in [0, 0.1) is 0 Å². The van der Waals surface area contributed by atoms with Crippen LogP contribution in [0.5, 0.6) is 11.5 Å². The first kappa shape index (κ1) is 13.4. The Bertz CT molecular complexity index is 463. The lowest BCUT2D eigenvalue weighted by Crippen LogP contribution is -2.29. The summed E-state index contributed by atoms with van der Waals surface area (Å²) in [6.07, 6.45) is 0. The van der Waals surface area contributed by atoms with Crippen LogP contribution in [0.1, 0.15) is 18.5 Å². The molecule has 1 aromatic rings. The molecule has 1 atom stereocenters. The van der Waals surface area contributed by atoms with Crippen LogP contribution in [0.25, 0.3) is 0 Å². The minimum atomic E-state index is 0.0764. The topological polar surface area (TPSA) is 56.5 Å². The number of nitrogens with one attached hydrogen (secondary N) is 1. The van der Waals surface area contributed by atoms with Crippen LogP contribution >= 0.6 is 15.9 Å². The van der Waals surface area contributed by atoms with Gasteiger partial charge in [0, 0.05) is 19.1 Å². The van der Waals surface area contributed by atoms with Gasteiger partial charge >= 0.3 is 0 Å². The molecule has 0 aliphatic carbocycles. The molecule has 98 valence electrons. The van der Waals surface area contributed by atoms with Gasteiger partial charge in [-0.05, 0) is 40.5 Å². The predicted molar refractivity (Wildman–Crippen MR) is 74.9 cm³/mol. The van der Waals surface area contributed by atoms with E-state index >= 15 is 0 Å². The molecule has 4 nitrogen and oxygen atoms in total. The van der Waals surface area contributed by atoms with Crippen LogP contribution < -0.4 is 20.5 Å². The van der Waals surface area contributed by atoms with Crippen molar-refractivity contribution in [1.29, 1.82) is 0 Å². The first-order valence-electron chi connectivity index (χ1n) is 5.78. The average Bonchev–Trinajstić information content (AvgIpc) is 2.78. The Kier molecular flexibility index (Phi) is 4.27. The Hall–Kier alpha value is -1.04. The molecule has 1 aliphatic heterocycles. The summed E-state index contributed by atoms with van der Waals surface area (Å²) < 4.78 is 11.7. The highest BCUT2D eigenvalue weighted by Crippen LogP contribution is 2.41. The van der Waals surface area contributed by atoms with Crippen LogP contribution in [0.3, 0.4) is 0 Å². The largest absolute Gasteiger partial charge is 0.454 e. The van der Waals surface area contributed by atoms with Gasteiger partial charge in [0.05, 0.1) is 4.47 Å². The van der Waals surface area contributed by atoms with Gasteiger partial charge in [-0.15, -0.1) is 0 Å². The number of ether oxygens (including phenoxy) is 2. The van der Waals surface area contributed by atoms with E-state index in [9.17, 15) is 0 Å². The molecule has 0 bridgehead atoms. The van der Waals surface area contributed by atoms with Crippen LogP contribution in [-0.2, 0) is 0 Å². The van der Waals surface area contributed by atoms with Gasteiger partial charge < -0.3 is 20.5 Å². The van der Waals surface area contributed by atoms with Crippen LogP contribution in [0.15, 0.2) is 28.8 Å². The lowest BCUT2D eigenvalue weighted by Gasteiger charge is -2.18. The minimum absolute atomic E-state index is 0.0764. The van der Waals surface area contributed by atoms with Crippen molar-refractivity contribution in [2.24, 2.45) is 5.73 Å². The molecule has 18 heavy (non-hydrogen) atoms. The number of nitrogens with two attached hydrogens (primary N) is 1. The van der Waals surface area contributed by atoms with E-state index in [0.29, 0.717) is 6.54 Å². The summed E-state index contributed by atoms with van der Waals surface area (Å²) in [5.74, 6) is 1.52. The molecule has 3 N–H and O–H groups in total. The van der Waals surface area contributed by atoms with Gasteiger partial charge in [0.2, 0.25) is 6.79 Å². The number of halogens is 1. The van der Waals surface area contributed by atoms with Crippen molar-refractivity contribution in [2.75, 3.05) is 19.9 Å². The van der Waals surface area contributed by atoms with Crippen molar-refractivity contribution >= 4 is 15.9 Å². The third kappa shape index (κ3) is 2.85. The molecule has 1 unspecified atom stereocenters. The second-order valence-electron chi connectivity index (χ2n) is 4.36. The highest BCUT2D eigenvalue weighted by molar-refractivity contribution is 9.10. The molecule has 1 aliphatic rings. The summed E-state index contributed by atoms with van der Waals surface area (Å²) in [5, 5.41) is 3.36. The Morgan fingerprint density at radius 3 is 3.00 bits per heavy atom. The van der Waals surface area contributed by atoms with Crippen molar-refractivity contribution in [2.45, 2.75) is 13.0 Å². The summed E-state index contributed by atoms with van der Waals surface area (Å²) in [4.78, 5) is 0. The molecule has 0 radical (unpaired) electrons. The lowest BCUT2D eigenvalue weighted by molar-refractivity contribution is 0.173. The Balaban J connectivity index is 2.20. The Labute approximate surface area is 115 Å². The monoisotopic (exact) mass is 312 g/mol. The fourth-order valence-electron chi connectivity index (χ4n) is 1.82. The maximum Gasteiger partial charge on any atom is 0.231 e. The van der Waals surface area contributed by atoms with Crippen LogP contribution in [-0.4, -0.2) is 19.9 Å². The molecule has 0 amide bonds. The second-order valence-corrected chi connectivity index (χ2v) is 5.22. The molecular formula is C13H17BrN2O2. The minimum Gasteiger partial charge on any atom is -0.454 e. The molecule has 5 heteroatoms. The van der Waals surface area contributed by atoms with Crippen molar-refractivity contribution in [3.05, 3.63) is 34.3 Å². The normalized spacial score (nSPS) is 14.6. The molecule has 0 saturated carbocycles. The highest BCUT2D eigenvalue weighted by atomic mass is 79.9. The summed E-state index contributed by atoms with van der Waals surface area (Å²) in [5.41, 5.74) is 7.96. The molecule has 0 spiro atoms. The fourth-order valence-corrected chi connectivity index (χ4v) is 2.40. The molecule has 1 heterocycles. The number of rotatable bonds is 5. The van der Waals surface area contributed by atoms with E-state index in [2.05, 4.69) is 27.8 Å². The second kappa shape index (κ2) is 5.73. The van der Waals surface area contributed by atoms with Gasteiger partial charge in [-0.1, -0.05) is 12.2 Å². The fraction of sp³-hybridized carbons (Fsp3) is 0.385. The van der Waals surface area contributed by atoms with Gasteiger partial charge in [-0.25, -0.2) is 0 Å². The summed E-state index contributed by atoms with van der Waals surface area (Å²) in [7, 11) is 0. The van der Waals surface area contributed by atoms with Gasteiger partial charge in [-0.3, -0.25) is 0 Å². The van der Waals surface area contributed by atoms with E-state index < -0.39 is 0 Å². The summed E-state index contributed by atoms with van der Waals surface area (Å²) in [6, 6.07) is 4.06. The molecule has 2 rings (SSSR count). The maximum absolute atomic E-state index is 5.81. The molecule has 1 aromatic carbocycles. The number of hydrogen-bond donors (Lipinski definition) is 2. The van der Waals surface area contributed by atoms with Crippen LogP contribution in [0.4, 0.5) is 0 Å². The highest BCUT2D eigenvalue weighted by Gasteiger charge is 2.20. The third-order valence-electron chi connectivity index (χ3n) is 2.74. The van der Waals surface area contributed by atoms with E-state index in [0.717, 1.165) is 33.7 Å². The van der Waals surface area contributed by atoms with E-state index in [1.165, 1.54) is 0 Å². The zero-order valence-electron chi connectivity index (χ0n) is 10.3. The van der Waals surface area contributed by atoms with E-state index in [1.807, 2.05) is 19.1 Å². The molecule has 0 fully saturated rings. The third-order valence-corrected chi connectivity index (χ3v) is 3.33. The van der Waals surface area contributed by atoms with Gasteiger partial charge in [0.25, 0.3) is 0 Å². The van der Waals surface area contributed by atoms with E-state index in [1.54, 1.807) is 0 Å². The average molecular weight is 313 g/mol. The standard InChI is InChI=1S/C13H17BrN2O2/c1-8(2)6-16-11(5-15)9-3-10(14)13-12(4-9)17-7-18-13/h3-4,11,16H,1,5-7,15H2,2H3. The lowest BCUT2D eigenvalue weighted by atomic mass is 10.1. The quantitative estimate of drug-likeness (QED) is 0.819. The van der Waals surface area contributed by atoms with Crippen molar-refractivity contribution in [1.82, 2.24) is 5.32 Å². The van der Waals surface area contributed by atoms with Crippen LogP contribution in [0.2, 0.25) is 0 Å². The summed E-state index contributed by atoms with van der Waals surface area (Å²) >= 11 is 3.48. The van der Waals surface area contributed by atoms with Gasteiger partial charge in [0.1, 0.15) is 0 Å².